The number of rotatable bonds is 9. The zero-order chi connectivity index (χ0) is 27.4. The number of fused-ring (bicyclic) bond motifs is 3. The summed E-state index contributed by atoms with van der Waals surface area (Å²) in [5.74, 6) is 2.18. The zero-order valence-corrected chi connectivity index (χ0v) is 22.4. The van der Waals surface area contributed by atoms with Gasteiger partial charge in [0, 0.05) is 34.6 Å². The Bertz CT molecular complexity index is 1460. The summed E-state index contributed by atoms with van der Waals surface area (Å²) in [5.41, 5.74) is 1.80. The van der Waals surface area contributed by atoms with E-state index < -0.39 is 11.6 Å². The van der Waals surface area contributed by atoms with Crippen LogP contribution in [0.2, 0.25) is 0 Å². The fourth-order valence-electron chi connectivity index (χ4n) is 4.85. The van der Waals surface area contributed by atoms with Gasteiger partial charge in [-0.05, 0) is 48.6 Å². The number of hydrogen-bond donors (Lipinski definition) is 0. The van der Waals surface area contributed by atoms with E-state index in [2.05, 4.69) is 0 Å². The van der Waals surface area contributed by atoms with Crippen LogP contribution >= 0.6 is 0 Å². The van der Waals surface area contributed by atoms with Crippen molar-refractivity contribution in [2.75, 3.05) is 41.7 Å². The first kappa shape index (κ1) is 26.1. The van der Waals surface area contributed by atoms with E-state index in [1.54, 1.807) is 27.4 Å². The van der Waals surface area contributed by atoms with Gasteiger partial charge in [-0.15, -0.1) is 0 Å². The molecule has 7 nitrogen and oxygen atoms in total. The molecule has 0 spiro atoms. The van der Waals surface area contributed by atoms with Crippen molar-refractivity contribution >= 4 is 22.8 Å². The Morgan fingerprint density at radius 1 is 0.795 bits per heavy atom. The largest absolute Gasteiger partial charge is 0.497 e. The topological polar surface area (TPSA) is 72.5 Å². The zero-order valence-electron chi connectivity index (χ0n) is 22.4. The number of ether oxygens (including phenoxy) is 6. The standard InChI is InChI=1S/C32H30O7/c1-34-18-19-38-29-7-5-6-25-27(29)20-28(31(33)37-4)26-16-17-32(39-30(25)26,21-8-12-23(35-2)13-9-21)22-10-14-24(36-3)15-11-22/h5-17,20H,18-19H2,1-4H3. The predicted octanol–water partition coefficient (Wildman–Crippen LogP) is 6.02. The maximum atomic E-state index is 12.9. The molecule has 0 atom stereocenters. The van der Waals surface area contributed by atoms with Gasteiger partial charge >= 0.3 is 5.97 Å². The van der Waals surface area contributed by atoms with Crippen molar-refractivity contribution in [3.05, 3.63) is 101 Å². The SMILES string of the molecule is COCCOc1cccc2c3c(c(C(=O)OC)cc12)C=CC(c1ccc(OC)cc1)(c1ccc(OC)cc1)O3. The molecular weight excluding hydrogens is 496 g/mol. The molecule has 0 N–H and O–H groups in total. The van der Waals surface area contributed by atoms with Gasteiger partial charge in [0.15, 0.2) is 5.60 Å². The van der Waals surface area contributed by atoms with Crippen LogP contribution in [-0.4, -0.2) is 47.6 Å². The minimum atomic E-state index is -1.000. The minimum absolute atomic E-state index is 0.364. The molecular formula is C32H30O7. The molecule has 39 heavy (non-hydrogen) atoms. The molecule has 0 aliphatic carbocycles. The van der Waals surface area contributed by atoms with Crippen molar-refractivity contribution in [1.29, 1.82) is 0 Å². The van der Waals surface area contributed by atoms with E-state index in [1.807, 2.05) is 78.9 Å². The second-order valence-electron chi connectivity index (χ2n) is 8.98. The van der Waals surface area contributed by atoms with E-state index in [4.69, 9.17) is 28.4 Å². The Balaban J connectivity index is 1.74. The summed E-state index contributed by atoms with van der Waals surface area (Å²) < 4.78 is 34.1. The lowest BCUT2D eigenvalue weighted by Gasteiger charge is -2.37. The Kier molecular flexibility index (Phi) is 7.43. The average Bonchev–Trinajstić information content (AvgIpc) is 3.00. The van der Waals surface area contributed by atoms with Crippen LogP contribution in [-0.2, 0) is 15.1 Å². The van der Waals surface area contributed by atoms with Crippen LogP contribution in [0, 0.1) is 0 Å². The highest BCUT2D eigenvalue weighted by Crippen LogP contribution is 2.48. The molecule has 4 aromatic carbocycles. The van der Waals surface area contributed by atoms with Crippen molar-refractivity contribution in [1.82, 2.24) is 0 Å². The smallest absolute Gasteiger partial charge is 0.338 e. The number of carbonyl (C=O) groups is 1. The Morgan fingerprint density at radius 2 is 1.44 bits per heavy atom. The van der Waals surface area contributed by atoms with Gasteiger partial charge in [0.25, 0.3) is 0 Å². The van der Waals surface area contributed by atoms with Gasteiger partial charge in [-0.1, -0.05) is 36.4 Å². The lowest BCUT2D eigenvalue weighted by molar-refractivity contribution is 0.0599. The lowest BCUT2D eigenvalue weighted by Crippen LogP contribution is -2.34. The van der Waals surface area contributed by atoms with Crippen molar-refractivity contribution in [3.63, 3.8) is 0 Å². The molecule has 200 valence electrons. The summed E-state index contributed by atoms with van der Waals surface area (Å²) in [6.07, 6.45) is 3.90. The van der Waals surface area contributed by atoms with E-state index >= 15 is 0 Å². The molecule has 1 heterocycles. The number of esters is 1. The summed E-state index contributed by atoms with van der Waals surface area (Å²) in [7, 11) is 6.26. The van der Waals surface area contributed by atoms with E-state index in [9.17, 15) is 4.79 Å². The highest BCUT2D eigenvalue weighted by Gasteiger charge is 2.39. The van der Waals surface area contributed by atoms with Crippen LogP contribution in [0.3, 0.4) is 0 Å². The second kappa shape index (κ2) is 11.1. The molecule has 0 saturated heterocycles. The molecule has 0 amide bonds. The fourth-order valence-corrected chi connectivity index (χ4v) is 4.85. The van der Waals surface area contributed by atoms with E-state index in [0.717, 1.165) is 33.4 Å². The van der Waals surface area contributed by atoms with E-state index in [-0.39, 0.29) is 0 Å². The summed E-state index contributed by atoms with van der Waals surface area (Å²) in [6, 6.07) is 23.0. The van der Waals surface area contributed by atoms with Gasteiger partial charge < -0.3 is 28.4 Å². The molecule has 0 saturated carbocycles. The predicted molar refractivity (Wildman–Crippen MR) is 149 cm³/mol. The third-order valence-electron chi connectivity index (χ3n) is 6.87. The molecule has 7 heteroatoms. The van der Waals surface area contributed by atoms with Crippen LogP contribution in [0.25, 0.3) is 16.8 Å². The fraction of sp³-hybridized carbons (Fsp3) is 0.219. The second-order valence-corrected chi connectivity index (χ2v) is 8.98. The number of benzene rings is 4. The van der Waals surface area contributed by atoms with Gasteiger partial charge in [-0.25, -0.2) is 4.79 Å². The first-order valence-electron chi connectivity index (χ1n) is 12.5. The lowest BCUT2D eigenvalue weighted by atomic mass is 9.82. The van der Waals surface area contributed by atoms with Crippen molar-refractivity contribution in [3.8, 4) is 23.0 Å². The molecule has 1 aliphatic rings. The van der Waals surface area contributed by atoms with Gasteiger partial charge in [0.05, 0.1) is 33.5 Å². The van der Waals surface area contributed by atoms with Crippen LogP contribution in [0.15, 0.2) is 78.9 Å². The average molecular weight is 527 g/mol. The molecule has 0 unspecified atom stereocenters. The van der Waals surface area contributed by atoms with Gasteiger partial charge in [0.2, 0.25) is 0 Å². The molecule has 1 aliphatic heterocycles. The van der Waals surface area contributed by atoms with E-state index in [0.29, 0.717) is 35.8 Å². The van der Waals surface area contributed by atoms with Crippen LogP contribution in [0.1, 0.15) is 27.0 Å². The normalized spacial score (nSPS) is 13.3. The highest BCUT2D eigenvalue weighted by molar-refractivity contribution is 6.05. The Labute approximate surface area is 227 Å². The van der Waals surface area contributed by atoms with Gasteiger partial charge in [-0.3, -0.25) is 0 Å². The maximum absolute atomic E-state index is 12.9. The quantitative estimate of drug-likeness (QED) is 0.195. The molecule has 0 bridgehead atoms. The molecule has 5 rings (SSSR count). The van der Waals surface area contributed by atoms with Crippen molar-refractivity contribution in [2.24, 2.45) is 0 Å². The third-order valence-corrected chi connectivity index (χ3v) is 6.87. The van der Waals surface area contributed by atoms with Crippen LogP contribution in [0.4, 0.5) is 0 Å². The first-order chi connectivity index (χ1) is 19.0. The Morgan fingerprint density at radius 3 is 2.00 bits per heavy atom. The number of methoxy groups -OCH3 is 4. The molecule has 0 fully saturated rings. The van der Waals surface area contributed by atoms with Crippen molar-refractivity contribution in [2.45, 2.75) is 5.60 Å². The van der Waals surface area contributed by atoms with Crippen LogP contribution < -0.4 is 18.9 Å². The minimum Gasteiger partial charge on any atom is -0.497 e. The third kappa shape index (κ3) is 4.77. The van der Waals surface area contributed by atoms with Gasteiger partial charge in [-0.2, -0.15) is 0 Å². The molecule has 0 aromatic heterocycles. The number of carbonyl (C=O) groups excluding carboxylic acids is 1. The summed E-state index contributed by atoms with van der Waals surface area (Å²) in [6.45, 7) is 0.797. The van der Waals surface area contributed by atoms with Gasteiger partial charge in [0.1, 0.15) is 29.6 Å². The highest BCUT2D eigenvalue weighted by atomic mass is 16.5. The number of hydrogen-bond acceptors (Lipinski definition) is 7. The van der Waals surface area contributed by atoms with E-state index in [1.165, 1.54) is 7.11 Å². The van der Waals surface area contributed by atoms with Crippen LogP contribution in [0.5, 0.6) is 23.0 Å². The van der Waals surface area contributed by atoms with Crippen molar-refractivity contribution < 1.29 is 33.2 Å². The summed E-state index contributed by atoms with van der Waals surface area (Å²) in [4.78, 5) is 12.9. The summed E-state index contributed by atoms with van der Waals surface area (Å²) in [5, 5.41) is 1.55. The maximum Gasteiger partial charge on any atom is 0.338 e. The first-order valence-corrected chi connectivity index (χ1v) is 12.5. The monoisotopic (exact) mass is 526 g/mol. The summed E-state index contributed by atoms with van der Waals surface area (Å²) >= 11 is 0. The molecule has 4 aromatic rings. The Hall–Kier alpha value is -4.49. The molecule has 0 radical (unpaired) electrons.